The first-order valence-electron chi connectivity index (χ1n) is 8.80. The van der Waals surface area contributed by atoms with E-state index in [2.05, 4.69) is 11.4 Å². The molecule has 1 N–H and O–H groups in total. The van der Waals surface area contributed by atoms with E-state index in [1.807, 2.05) is 61.0 Å². The quantitative estimate of drug-likeness (QED) is 0.738. The smallest absolute Gasteiger partial charge is 0.235 e. The average molecular weight is 379 g/mol. The van der Waals surface area contributed by atoms with E-state index < -0.39 is 0 Å². The van der Waals surface area contributed by atoms with Gasteiger partial charge in [-0.3, -0.25) is 4.79 Å². The number of hydrogen-bond acceptors (Lipinski definition) is 4. The van der Waals surface area contributed by atoms with Gasteiger partial charge < -0.3 is 10.1 Å². The summed E-state index contributed by atoms with van der Waals surface area (Å²) in [5, 5.41) is 7.82. The Kier molecular flexibility index (Phi) is 4.66. The number of hydrogen-bond donors (Lipinski definition) is 1. The van der Waals surface area contributed by atoms with Gasteiger partial charge in [-0.2, -0.15) is 5.10 Å². The molecule has 1 aliphatic rings. The number of para-hydroxylation sites is 2. The number of nitrogens with zero attached hydrogens (tertiary/aromatic N) is 2. The fraction of sp³-hybridized carbons (Fsp3) is 0.238. The van der Waals surface area contributed by atoms with Gasteiger partial charge >= 0.3 is 0 Å². The van der Waals surface area contributed by atoms with Crippen molar-refractivity contribution in [2.24, 2.45) is 0 Å². The highest BCUT2D eigenvalue weighted by molar-refractivity contribution is 8.00. The maximum atomic E-state index is 12.5. The standard InChI is InChI=1S/C21H21N3O2S/c1-13-8-4-6-10-16(13)24-21-19(14(2)23-24)20(27-12-18(25)22-21)15-9-5-7-11-17(15)26-3/h4-11,20H,12H2,1-3H3,(H,22,25)/t20-/m0/s1. The van der Waals surface area contributed by atoms with E-state index >= 15 is 0 Å². The first kappa shape index (κ1) is 17.7. The van der Waals surface area contributed by atoms with Crippen LogP contribution in [-0.4, -0.2) is 28.6 Å². The molecule has 27 heavy (non-hydrogen) atoms. The van der Waals surface area contributed by atoms with Gasteiger partial charge in [-0.05, 0) is 31.5 Å². The Hall–Kier alpha value is -2.73. The maximum Gasteiger partial charge on any atom is 0.235 e. The van der Waals surface area contributed by atoms with Crippen molar-refractivity contribution in [3.63, 3.8) is 0 Å². The number of ether oxygens (including phenoxy) is 1. The first-order valence-corrected chi connectivity index (χ1v) is 9.85. The SMILES string of the molecule is COc1ccccc1[C@@H]1SCC(=O)Nc2c1c(C)nn2-c1ccccc1C. The lowest BCUT2D eigenvalue weighted by Crippen LogP contribution is -2.16. The summed E-state index contributed by atoms with van der Waals surface area (Å²) in [7, 11) is 1.67. The Morgan fingerprint density at radius 1 is 1.15 bits per heavy atom. The van der Waals surface area contributed by atoms with Crippen molar-refractivity contribution in [1.29, 1.82) is 0 Å². The summed E-state index contributed by atoms with van der Waals surface area (Å²) in [6.07, 6.45) is 0. The second-order valence-corrected chi connectivity index (χ2v) is 7.62. The summed E-state index contributed by atoms with van der Waals surface area (Å²) in [6.45, 7) is 4.04. The van der Waals surface area contributed by atoms with E-state index in [9.17, 15) is 4.79 Å². The monoisotopic (exact) mass is 379 g/mol. The summed E-state index contributed by atoms with van der Waals surface area (Å²) in [5.74, 6) is 1.92. The van der Waals surface area contributed by atoms with Gasteiger partial charge in [-0.25, -0.2) is 4.68 Å². The van der Waals surface area contributed by atoms with Gasteiger partial charge in [0, 0.05) is 11.1 Å². The third kappa shape index (κ3) is 3.10. The number of aryl methyl sites for hydroxylation is 2. The molecule has 1 aromatic heterocycles. The molecular weight excluding hydrogens is 358 g/mol. The van der Waals surface area contributed by atoms with E-state index in [1.165, 1.54) is 0 Å². The number of methoxy groups -OCH3 is 1. The largest absolute Gasteiger partial charge is 0.496 e. The summed E-state index contributed by atoms with van der Waals surface area (Å²) in [4.78, 5) is 12.5. The molecule has 0 saturated carbocycles. The molecule has 6 heteroatoms. The Labute approximate surface area is 162 Å². The molecule has 0 spiro atoms. The topological polar surface area (TPSA) is 56.1 Å². The molecule has 3 aromatic rings. The van der Waals surface area contributed by atoms with E-state index in [4.69, 9.17) is 9.84 Å². The second-order valence-electron chi connectivity index (χ2n) is 6.53. The average Bonchev–Trinajstić information content (AvgIpc) is 2.88. The summed E-state index contributed by atoms with van der Waals surface area (Å²) < 4.78 is 7.44. The van der Waals surface area contributed by atoms with Crippen LogP contribution in [0.4, 0.5) is 5.82 Å². The van der Waals surface area contributed by atoms with Crippen molar-refractivity contribution in [3.05, 3.63) is 70.9 Å². The fourth-order valence-corrected chi connectivity index (χ4v) is 4.70. The minimum Gasteiger partial charge on any atom is -0.496 e. The number of carbonyl (C=O) groups excluding carboxylic acids is 1. The Bertz CT molecular complexity index is 1010. The first-order chi connectivity index (χ1) is 13.1. The lowest BCUT2D eigenvalue weighted by Gasteiger charge is -2.18. The minimum atomic E-state index is -0.0344. The number of aromatic nitrogens is 2. The van der Waals surface area contributed by atoms with Gasteiger partial charge in [0.25, 0.3) is 0 Å². The molecule has 0 radical (unpaired) electrons. The van der Waals surface area contributed by atoms with Gasteiger partial charge in [0.1, 0.15) is 11.6 Å². The fourth-order valence-electron chi connectivity index (χ4n) is 3.49. The highest BCUT2D eigenvalue weighted by Gasteiger charge is 2.32. The maximum absolute atomic E-state index is 12.5. The molecule has 0 bridgehead atoms. The molecule has 2 heterocycles. The van der Waals surface area contributed by atoms with Crippen LogP contribution in [0.5, 0.6) is 5.75 Å². The third-order valence-corrected chi connectivity index (χ3v) is 6.02. The number of amides is 1. The van der Waals surface area contributed by atoms with Crippen LogP contribution in [0.1, 0.15) is 27.6 Å². The van der Waals surface area contributed by atoms with Crippen LogP contribution in [-0.2, 0) is 4.79 Å². The Morgan fingerprint density at radius 2 is 1.89 bits per heavy atom. The van der Waals surface area contributed by atoms with Crippen LogP contribution < -0.4 is 10.1 Å². The van der Waals surface area contributed by atoms with Crippen LogP contribution in [0, 0.1) is 13.8 Å². The van der Waals surface area contributed by atoms with Crippen LogP contribution in [0.3, 0.4) is 0 Å². The number of anilines is 1. The zero-order valence-corrected chi connectivity index (χ0v) is 16.3. The number of rotatable bonds is 3. The predicted molar refractivity (Wildman–Crippen MR) is 109 cm³/mol. The van der Waals surface area contributed by atoms with Crippen molar-refractivity contribution < 1.29 is 9.53 Å². The van der Waals surface area contributed by atoms with Crippen LogP contribution >= 0.6 is 11.8 Å². The Balaban J connectivity index is 1.94. The predicted octanol–water partition coefficient (Wildman–Crippen LogP) is 4.27. The molecule has 2 aromatic carbocycles. The molecule has 5 nitrogen and oxygen atoms in total. The molecule has 138 valence electrons. The van der Waals surface area contributed by atoms with E-state index in [0.717, 1.165) is 39.6 Å². The lowest BCUT2D eigenvalue weighted by atomic mass is 10.0. The van der Waals surface area contributed by atoms with Crippen molar-refractivity contribution >= 4 is 23.5 Å². The molecule has 4 rings (SSSR count). The van der Waals surface area contributed by atoms with Crippen molar-refractivity contribution in [3.8, 4) is 11.4 Å². The van der Waals surface area contributed by atoms with Gasteiger partial charge in [-0.15, -0.1) is 11.8 Å². The zero-order valence-electron chi connectivity index (χ0n) is 15.5. The third-order valence-electron chi connectivity index (χ3n) is 4.77. The summed E-state index contributed by atoms with van der Waals surface area (Å²) >= 11 is 1.60. The van der Waals surface area contributed by atoms with Gasteiger partial charge in [0.05, 0.1) is 29.5 Å². The number of thioether (sulfide) groups is 1. The van der Waals surface area contributed by atoms with Crippen LogP contribution in [0.25, 0.3) is 5.69 Å². The van der Waals surface area contributed by atoms with Crippen molar-refractivity contribution in [2.75, 3.05) is 18.2 Å². The molecule has 1 amide bonds. The van der Waals surface area contributed by atoms with Gasteiger partial charge in [0.15, 0.2) is 0 Å². The second kappa shape index (κ2) is 7.12. The van der Waals surface area contributed by atoms with E-state index in [0.29, 0.717) is 5.75 Å². The molecule has 0 saturated heterocycles. The number of nitrogens with one attached hydrogen (secondary N) is 1. The summed E-state index contributed by atoms with van der Waals surface area (Å²) in [6, 6.07) is 16.0. The van der Waals surface area contributed by atoms with Crippen LogP contribution in [0.15, 0.2) is 48.5 Å². The number of carbonyl (C=O) groups is 1. The van der Waals surface area contributed by atoms with E-state index in [1.54, 1.807) is 18.9 Å². The van der Waals surface area contributed by atoms with Crippen LogP contribution in [0.2, 0.25) is 0 Å². The van der Waals surface area contributed by atoms with Gasteiger partial charge in [0.2, 0.25) is 5.91 Å². The molecule has 1 atom stereocenters. The lowest BCUT2D eigenvalue weighted by molar-refractivity contribution is -0.113. The zero-order chi connectivity index (χ0) is 19.0. The molecule has 0 fully saturated rings. The molecular formula is C21H21N3O2S. The highest BCUT2D eigenvalue weighted by Crippen LogP contribution is 2.46. The van der Waals surface area contributed by atoms with Crippen molar-refractivity contribution in [2.45, 2.75) is 19.1 Å². The van der Waals surface area contributed by atoms with Gasteiger partial charge in [-0.1, -0.05) is 36.4 Å². The normalized spacial score (nSPS) is 16.4. The number of benzene rings is 2. The molecule has 1 aliphatic heterocycles. The highest BCUT2D eigenvalue weighted by atomic mass is 32.2. The molecule has 0 unspecified atom stereocenters. The van der Waals surface area contributed by atoms with Crippen molar-refractivity contribution in [1.82, 2.24) is 9.78 Å². The Morgan fingerprint density at radius 3 is 2.67 bits per heavy atom. The van der Waals surface area contributed by atoms with E-state index in [-0.39, 0.29) is 11.2 Å². The minimum absolute atomic E-state index is 0.0200. The summed E-state index contributed by atoms with van der Waals surface area (Å²) in [5.41, 5.74) is 5.04. The number of fused-ring (bicyclic) bond motifs is 1. The molecule has 0 aliphatic carbocycles.